The summed E-state index contributed by atoms with van der Waals surface area (Å²) in [5.41, 5.74) is 0.289. The first-order valence-electron chi connectivity index (χ1n) is 9.80. The van der Waals surface area contributed by atoms with Crippen LogP contribution in [-0.2, 0) is 16.6 Å². The van der Waals surface area contributed by atoms with E-state index in [1.165, 1.54) is 47.7 Å². The van der Waals surface area contributed by atoms with Crippen molar-refractivity contribution in [2.45, 2.75) is 30.3 Å². The van der Waals surface area contributed by atoms with E-state index in [1.807, 2.05) is 6.19 Å². The van der Waals surface area contributed by atoms with Gasteiger partial charge in [-0.15, -0.1) is 13.2 Å². The molecule has 1 heterocycles. The number of sulfonamides is 1. The predicted octanol–water partition coefficient (Wildman–Crippen LogP) is 3.35. The summed E-state index contributed by atoms with van der Waals surface area (Å²) in [5, 5.41) is 9.22. The Hall–Kier alpha value is -3.17. The van der Waals surface area contributed by atoms with Gasteiger partial charge in [0, 0.05) is 31.7 Å². The highest BCUT2D eigenvalue weighted by atomic mass is 32.2. The maximum Gasteiger partial charge on any atom is 0.573 e. The van der Waals surface area contributed by atoms with Gasteiger partial charge in [0.25, 0.3) is 0 Å². The Morgan fingerprint density at radius 1 is 1.15 bits per heavy atom. The maximum absolute atomic E-state index is 13.8. The molecule has 1 aliphatic heterocycles. The molecule has 1 saturated heterocycles. The number of hydrogen-bond acceptors (Lipinski definition) is 7. The summed E-state index contributed by atoms with van der Waals surface area (Å²) in [6.45, 7) is 0.280. The molecule has 0 radical (unpaired) electrons. The second-order valence-electron chi connectivity index (χ2n) is 7.25. The quantitative estimate of drug-likeness (QED) is 0.530. The fourth-order valence-corrected chi connectivity index (χ4v) is 5.42. The number of benzene rings is 2. The highest BCUT2D eigenvalue weighted by molar-refractivity contribution is 7.89. The Morgan fingerprint density at radius 3 is 2.52 bits per heavy atom. The second kappa shape index (κ2) is 9.76. The van der Waals surface area contributed by atoms with Crippen molar-refractivity contribution in [2.24, 2.45) is 0 Å². The first-order chi connectivity index (χ1) is 15.6. The molecule has 0 saturated carbocycles. The van der Waals surface area contributed by atoms with Crippen molar-refractivity contribution in [1.29, 1.82) is 5.26 Å². The summed E-state index contributed by atoms with van der Waals surface area (Å²) in [6.07, 6.45) is -2.50. The molecule has 0 aliphatic carbocycles. The molecule has 2 aromatic rings. The molecule has 1 fully saturated rings. The molecule has 3 rings (SSSR count). The minimum atomic E-state index is -4.88. The number of nitriles is 1. The zero-order chi connectivity index (χ0) is 24.2. The molecule has 0 N–H and O–H groups in total. The third kappa shape index (κ3) is 5.80. The van der Waals surface area contributed by atoms with Crippen molar-refractivity contribution in [3.05, 3.63) is 48.0 Å². The number of rotatable bonds is 8. The van der Waals surface area contributed by atoms with Crippen LogP contribution in [0.15, 0.2) is 47.4 Å². The third-order valence-electron chi connectivity index (χ3n) is 5.14. The molecule has 0 bridgehead atoms. The van der Waals surface area contributed by atoms with Gasteiger partial charge in [0.1, 0.15) is 22.1 Å². The van der Waals surface area contributed by atoms with Gasteiger partial charge in [-0.2, -0.15) is 9.57 Å². The van der Waals surface area contributed by atoms with Crippen LogP contribution < -0.4 is 14.2 Å². The summed E-state index contributed by atoms with van der Waals surface area (Å²) in [4.78, 5) is 1.28. The fraction of sp³-hybridized carbons (Fsp3) is 0.381. The van der Waals surface area contributed by atoms with E-state index in [2.05, 4.69) is 4.74 Å². The first kappa shape index (κ1) is 24.5. The van der Waals surface area contributed by atoms with Crippen LogP contribution in [0.5, 0.6) is 17.2 Å². The molecular weight excluding hydrogens is 463 g/mol. The van der Waals surface area contributed by atoms with Crippen molar-refractivity contribution in [1.82, 2.24) is 9.21 Å². The molecule has 1 atom stereocenters. The Labute approximate surface area is 189 Å². The van der Waals surface area contributed by atoms with Crippen LogP contribution >= 0.6 is 0 Å². The Kier molecular flexibility index (Phi) is 7.24. The van der Waals surface area contributed by atoms with Gasteiger partial charge >= 0.3 is 6.36 Å². The van der Waals surface area contributed by atoms with E-state index in [4.69, 9.17) is 9.47 Å². The predicted molar refractivity (Wildman–Crippen MR) is 111 cm³/mol. The average molecular weight is 485 g/mol. The van der Waals surface area contributed by atoms with Crippen molar-refractivity contribution in [3.63, 3.8) is 0 Å². The lowest BCUT2D eigenvalue weighted by atomic mass is 10.2. The zero-order valence-corrected chi connectivity index (χ0v) is 18.7. The topological polar surface area (TPSA) is 92.1 Å². The standard InChI is InChI=1S/C21H22F3N3O5S/c1-30-17-6-7-19(31-2)20(11-17)33(28,29)27(16-8-9-26(13-16)14-25)12-15-4-3-5-18(10-15)32-21(22,23)24/h3-7,10-11,16H,8-9,12-13H2,1-2H3/t16-/m1/s1. The molecule has 178 valence electrons. The van der Waals surface area contributed by atoms with E-state index in [0.717, 1.165) is 12.1 Å². The monoisotopic (exact) mass is 485 g/mol. The molecule has 12 heteroatoms. The minimum absolute atomic E-state index is 0.0880. The zero-order valence-electron chi connectivity index (χ0n) is 17.9. The molecular formula is C21H22F3N3O5S. The highest BCUT2D eigenvalue weighted by Gasteiger charge is 2.38. The molecule has 2 aromatic carbocycles. The van der Waals surface area contributed by atoms with Gasteiger partial charge in [-0.05, 0) is 36.2 Å². The van der Waals surface area contributed by atoms with Crippen LogP contribution in [-0.4, -0.2) is 57.3 Å². The summed E-state index contributed by atoms with van der Waals surface area (Å²) in [6, 6.07) is 8.86. The molecule has 0 spiro atoms. The van der Waals surface area contributed by atoms with Gasteiger partial charge in [0.15, 0.2) is 6.19 Å². The smallest absolute Gasteiger partial charge is 0.497 e. The normalized spacial score (nSPS) is 16.5. The van der Waals surface area contributed by atoms with E-state index in [1.54, 1.807) is 6.07 Å². The van der Waals surface area contributed by atoms with Crippen molar-refractivity contribution in [2.75, 3.05) is 27.3 Å². The van der Waals surface area contributed by atoms with Crippen LogP contribution in [0, 0.1) is 11.5 Å². The van der Waals surface area contributed by atoms with Crippen LogP contribution in [0.4, 0.5) is 13.2 Å². The lowest BCUT2D eigenvalue weighted by Gasteiger charge is -2.29. The van der Waals surface area contributed by atoms with E-state index < -0.39 is 28.2 Å². The van der Waals surface area contributed by atoms with Gasteiger partial charge in [-0.1, -0.05) is 12.1 Å². The number of nitrogens with zero attached hydrogens (tertiary/aromatic N) is 3. The second-order valence-corrected chi connectivity index (χ2v) is 9.11. The molecule has 8 nitrogen and oxygen atoms in total. The Morgan fingerprint density at radius 2 is 1.91 bits per heavy atom. The van der Waals surface area contributed by atoms with Gasteiger partial charge in [0.2, 0.25) is 10.0 Å². The van der Waals surface area contributed by atoms with E-state index in [0.29, 0.717) is 18.7 Å². The highest BCUT2D eigenvalue weighted by Crippen LogP contribution is 2.34. The van der Waals surface area contributed by atoms with Crippen LogP contribution in [0.3, 0.4) is 0 Å². The Balaban J connectivity index is 2.03. The van der Waals surface area contributed by atoms with Crippen molar-refractivity contribution < 1.29 is 35.8 Å². The summed E-state index contributed by atoms with van der Waals surface area (Å²) < 4.78 is 81.0. The average Bonchev–Trinajstić information content (AvgIpc) is 3.24. The Bertz CT molecular complexity index is 1130. The fourth-order valence-electron chi connectivity index (χ4n) is 3.61. The number of likely N-dealkylation sites (tertiary alicyclic amines) is 1. The van der Waals surface area contributed by atoms with Gasteiger partial charge < -0.3 is 19.1 Å². The number of methoxy groups -OCH3 is 2. The number of hydrogen-bond donors (Lipinski definition) is 0. The SMILES string of the molecule is COc1ccc(OC)c(S(=O)(=O)N(Cc2cccc(OC(F)(F)F)c2)[C@@H]2CCN(C#N)C2)c1. The van der Waals surface area contributed by atoms with Crippen LogP contribution in [0.2, 0.25) is 0 Å². The number of ether oxygens (including phenoxy) is 3. The van der Waals surface area contributed by atoms with Crippen LogP contribution in [0.1, 0.15) is 12.0 Å². The van der Waals surface area contributed by atoms with Crippen molar-refractivity contribution >= 4 is 10.0 Å². The minimum Gasteiger partial charge on any atom is -0.497 e. The van der Waals surface area contributed by atoms with Gasteiger partial charge in [-0.3, -0.25) is 0 Å². The summed E-state index contributed by atoms with van der Waals surface area (Å²) in [5.74, 6) is -0.0774. The number of alkyl halides is 3. The van der Waals surface area contributed by atoms with Gasteiger partial charge in [-0.25, -0.2) is 8.42 Å². The van der Waals surface area contributed by atoms with E-state index in [9.17, 15) is 26.9 Å². The lowest BCUT2D eigenvalue weighted by Crippen LogP contribution is -2.41. The van der Waals surface area contributed by atoms with Gasteiger partial charge in [0.05, 0.1) is 14.2 Å². The summed E-state index contributed by atoms with van der Waals surface area (Å²) >= 11 is 0. The first-order valence-corrected chi connectivity index (χ1v) is 11.2. The molecule has 1 aliphatic rings. The lowest BCUT2D eigenvalue weighted by molar-refractivity contribution is -0.274. The van der Waals surface area contributed by atoms with E-state index in [-0.39, 0.29) is 29.3 Å². The van der Waals surface area contributed by atoms with Crippen LogP contribution in [0.25, 0.3) is 0 Å². The summed E-state index contributed by atoms with van der Waals surface area (Å²) in [7, 11) is -1.49. The molecule has 0 aromatic heterocycles. The number of halogens is 3. The third-order valence-corrected chi connectivity index (χ3v) is 7.06. The van der Waals surface area contributed by atoms with E-state index >= 15 is 0 Å². The molecule has 33 heavy (non-hydrogen) atoms. The van der Waals surface area contributed by atoms with Crippen molar-refractivity contribution in [3.8, 4) is 23.4 Å². The maximum atomic E-state index is 13.8. The molecule has 0 amide bonds. The largest absolute Gasteiger partial charge is 0.573 e. The molecule has 0 unspecified atom stereocenters.